The van der Waals surface area contributed by atoms with Crippen LogP contribution in [0.25, 0.3) is 0 Å². The van der Waals surface area contributed by atoms with Crippen LogP contribution in [-0.2, 0) is 23.5 Å². The molecule has 3 aliphatic rings. The van der Waals surface area contributed by atoms with Crippen molar-refractivity contribution in [2.45, 2.75) is 62.0 Å². The standard InChI is InChI=1S/C25H22F6N2O3/c26-24(27,28)17-10-16(11-18(12-17)25(29,30)31)20-23(8-9-23)33(22(35)36-20)21(34)32-13-15-6-3-5-14-4-1-2-7-19(14)15/h1-2,4,7,10-12,15,20H,3,5-6,8-9,13H2,(H,32,34)/t15?,20-/m1/s1. The van der Waals surface area contributed by atoms with E-state index < -0.39 is 52.8 Å². The fourth-order valence-corrected chi connectivity index (χ4v) is 5.33. The van der Waals surface area contributed by atoms with Crippen LogP contribution >= 0.6 is 0 Å². The fourth-order valence-electron chi connectivity index (χ4n) is 5.33. The molecule has 0 aromatic heterocycles. The van der Waals surface area contributed by atoms with Crippen molar-refractivity contribution in [1.29, 1.82) is 0 Å². The first kappa shape index (κ1) is 24.5. The number of amides is 3. The Hall–Kier alpha value is -3.24. The maximum Gasteiger partial charge on any atom is 0.419 e. The van der Waals surface area contributed by atoms with Crippen molar-refractivity contribution < 1.29 is 40.7 Å². The molecule has 2 atom stereocenters. The molecule has 36 heavy (non-hydrogen) atoms. The Labute approximate surface area is 202 Å². The van der Waals surface area contributed by atoms with Gasteiger partial charge in [0.1, 0.15) is 0 Å². The molecule has 1 N–H and O–H groups in total. The molecule has 0 bridgehead atoms. The second-order valence-electron chi connectivity index (χ2n) is 9.52. The van der Waals surface area contributed by atoms with Crippen LogP contribution in [0.2, 0.25) is 0 Å². The third kappa shape index (κ3) is 4.28. The number of urea groups is 1. The highest BCUT2D eigenvalue weighted by molar-refractivity contribution is 5.94. The first-order valence-electron chi connectivity index (χ1n) is 11.6. The third-order valence-electron chi connectivity index (χ3n) is 7.21. The summed E-state index contributed by atoms with van der Waals surface area (Å²) >= 11 is 0. The molecule has 2 aliphatic carbocycles. The van der Waals surface area contributed by atoms with E-state index in [2.05, 4.69) is 5.32 Å². The number of fused-ring (bicyclic) bond motifs is 1. The van der Waals surface area contributed by atoms with Gasteiger partial charge in [-0.2, -0.15) is 26.3 Å². The minimum Gasteiger partial charge on any atom is -0.438 e. The van der Waals surface area contributed by atoms with Gasteiger partial charge in [0.25, 0.3) is 0 Å². The first-order chi connectivity index (χ1) is 16.9. The lowest BCUT2D eigenvalue weighted by atomic mass is 9.83. The van der Waals surface area contributed by atoms with Crippen molar-refractivity contribution >= 4 is 12.1 Å². The molecule has 192 valence electrons. The van der Waals surface area contributed by atoms with Gasteiger partial charge in [0.15, 0.2) is 6.10 Å². The Kier molecular flexibility index (Phi) is 5.72. The average molecular weight is 512 g/mol. The molecular weight excluding hydrogens is 490 g/mol. The molecule has 3 amide bonds. The van der Waals surface area contributed by atoms with E-state index in [4.69, 9.17) is 4.74 Å². The highest BCUT2D eigenvalue weighted by atomic mass is 19.4. The highest BCUT2D eigenvalue weighted by Gasteiger charge is 2.66. The molecule has 5 rings (SSSR count). The van der Waals surface area contributed by atoms with Gasteiger partial charge in [0.2, 0.25) is 0 Å². The fraction of sp³-hybridized carbons (Fsp3) is 0.440. The number of aryl methyl sites for hydroxylation is 1. The van der Waals surface area contributed by atoms with Gasteiger partial charge in [-0.1, -0.05) is 24.3 Å². The predicted molar refractivity (Wildman–Crippen MR) is 115 cm³/mol. The lowest BCUT2D eigenvalue weighted by Crippen LogP contribution is -2.48. The van der Waals surface area contributed by atoms with E-state index >= 15 is 0 Å². The Morgan fingerprint density at radius 1 is 1.03 bits per heavy atom. The van der Waals surface area contributed by atoms with E-state index in [0.29, 0.717) is 12.1 Å². The second kappa shape index (κ2) is 8.41. The minimum atomic E-state index is -5.04. The quantitative estimate of drug-likeness (QED) is 0.473. The van der Waals surface area contributed by atoms with Crippen LogP contribution in [0.5, 0.6) is 0 Å². The van der Waals surface area contributed by atoms with Crippen LogP contribution < -0.4 is 5.32 Å². The maximum atomic E-state index is 13.3. The molecule has 0 radical (unpaired) electrons. The van der Waals surface area contributed by atoms with Gasteiger partial charge < -0.3 is 10.1 Å². The SMILES string of the molecule is O=C(NCC1CCCc2ccccc21)N1C(=O)O[C@H](c2cc(C(F)(F)F)cc(C(F)(F)F)c2)C12CC2. The highest BCUT2D eigenvalue weighted by Crippen LogP contribution is 2.57. The number of carbonyl (C=O) groups excluding carboxylic acids is 2. The Morgan fingerprint density at radius 3 is 2.28 bits per heavy atom. The van der Waals surface area contributed by atoms with E-state index in [1.54, 1.807) is 0 Å². The van der Waals surface area contributed by atoms with Crippen LogP contribution in [0.3, 0.4) is 0 Å². The number of imide groups is 1. The van der Waals surface area contributed by atoms with Gasteiger partial charge >= 0.3 is 24.5 Å². The zero-order valence-electron chi connectivity index (χ0n) is 18.9. The van der Waals surface area contributed by atoms with Crippen LogP contribution in [0.1, 0.15) is 65.5 Å². The number of nitrogens with one attached hydrogen (secondary N) is 1. The minimum absolute atomic E-state index is 0.0202. The number of rotatable bonds is 3. The average Bonchev–Trinajstić information content (AvgIpc) is 3.54. The van der Waals surface area contributed by atoms with Crippen LogP contribution in [0, 0.1) is 0 Å². The van der Waals surface area contributed by atoms with Crippen molar-refractivity contribution in [2.75, 3.05) is 6.54 Å². The number of carbonyl (C=O) groups is 2. The molecule has 1 saturated heterocycles. The van der Waals surface area contributed by atoms with Crippen LogP contribution in [0.4, 0.5) is 35.9 Å². The first-order valence-corrected chi connectivity index (χ1v) is 11.6. The topological polar surface area (TPSA) is 58.6 Å². The summed E-state index contributed by atoms with van der Waals surface area (Å²) in [6.45, 7) is 0.238. The number of cyclic esters (lactones) is 1. The van der Waals surface area contributed by atoms with Gasteiger partial charge in [-0.25, -0.2) is 14.5 Å². The predicted octanol–water partition coefficient (Wildman–Crippen LogP) is 6.58. The number of nitrogens with zero attached hydrogens (tertiary/aromatic N) is 1. The molecule has 1 spiro atoms. The molecule has 2 fully saturated rings. The Bertz CT molecular complexity index is 1170. The van der Waals surface area contributed by atoms with Crippen molar-refractivity contribution in [3.05, 3.63) is 70.3 Å². The van der Waals surface area contributed by atoms with E-state index in [-0.39, 0.29) is 31.4 Å². The summed E-state index contributed by atoms with van der Waals surface area (Å²) in [4.78, 5) is 26.5. The summed E-state index contributed by atoms with van der Waals surface area (Å²) in [7, 11) is 0. The molecule has 2 aromatic carbocycles. The largest absolute Gasteiger partial charge is 0.438 e. The molecule has 2 aromatic rings. The number of halogens is 6. The number of ether oxygens (including phenoxy) is 1. The lowest BCUT2D eigenvalue weighted by Gasteiger charge is -2.28. The molecule has 5 nitrogen and oxygen atoms in total. The van der Waals surface area contributed by atoms with E-state index in [0.717, 1.165) is 29.7 Å². The number of hydrogen-bond donors (Lipinski definition) is 1. The summed E-state index contributed by atoms with van der Waals surface area (Å²) < 4.78 is 85.3. The van der Waals surface area contributed by atoms with Gasteiger partial charge in [-0.05, 0) is 67.0 Å². The molecule has 1 saturated carbocycles. The number of benzene rings is 2. The number of hydrogen-bond acceptors (Lipinski definition) is 3. The second-order valence-corrected chi connectivity index (χ2v) is 9.52. The molecule has 11 heteroatoms. The molecule has 1 aliphatic heterocycles. The van der Waals surface area contributed by atoms with Crippen molar-refractivity contribution in [3.8, 4) is 0 Å². The van der Waals surface area contributed by atoms with Crippen molar-refractivity contribution in [2.24, 2.45) is 0 Å². The Morgan fingerprint density at radius 2 is 1.67 bits per heavy atom. The Balaban J connectivity index is 1.39. The van der Waals surface area contributed by atoms with Gasteiger partial charge in [0, 0.05) is 12.5 Å². The van der Waals surface area contributed by atoms with Crippen molar-refractivity contribution in [3.63, 3.8) is 0 Å². The molecular formula is C25H22F6N2O3. The number of alkyl halides is 6. The smallest absolute Gasteiger partial charge is 0.419 e. The van der Waals surface area contributed by atoms with Gasteiger partial charge in [0.05, 0.1) is 16.7 Å². The van der Waals surface area contributed by atoms with Crippen molar-refractivity contribution in [1.82, 2.24) is 10.2 Å². The molecule has 1 unspecified atom stereocenters. The summed E-state index contributed by atoms with van der Waals surface area (Å²) in [6, 6.07) is 8.20. The summed E-state index contributed by atoms with van der Waals surface area (Å²) in [5, 5.41) is 2.73. The normalized spacial score (nSPS) is 22.8. The third-order valence-corrected chi connectivity index (χ3v) is 7.21. The van der Waals surface area contributed by atoms with E-state index in [1.807, 2.05) is 24.3 Å². The lowest BCUT2D eigenvalue weighted by molar-refractivity contribution is -0.143. The summed E-state index contributed by atoms with van der Waals surface area (Å²) in [5.74, 6) is 0.0290. The van der Waals surface area contributed by atoms with E-state index in [9.17, 15) is 35.9 Å². The summed E-state index contributed by atoms with van der Waals surface area (Å²) in [5.41, 5.74) is -2.47. The van der Waals surface area contributed by atoms with Gasteiger partial charge in [-0.3, -0.25) is 0 Å². The van der Waals surface area contributed by atoms with Crippen LogP contribution in [-0.4, -0.2) is 29.1 Å². The summed E-state index contributed by atoms with van der Waals surface area (Å²) in [6.07, 6.45) is -9.49. The molecule has 1 heterocycles. The van der Waals surface area contributed by atoms with Crippen LogP contribution in [0.15, 0.2) is 42.5 Å². The van der Waals surface area contributed by atoms with Gasteiger partial charge in [-0.15, -0.1) is 0 Å². The maximum absolute atomic E-state index is 13.3. The monoisotopic (exact) mass is 512 g/mol. The van der Waals surface area contributed by atoms with E-state index in [1.165, 1.54) is 5.56 Å². The zero-order chi connectivity index (χ0) is 25.9. The zero-order valence-corrected chi connectivity index (χ0v) is 18.9.